The topological polar surface area (TPSA) is 20.3 Å². The van der Waals surface area contributed by atoms with Crippen LogP contribution < -0.4 is 0 Å². The quantitative estimate of drug-likeness (QED) is 0.188. The number of halogens is 15. The summed E-state index contributed by atoms with van der Waals surface area (Å²) >= 11 is 3.58. The first kappa shape index (κ1) is 32.4. The maximum absolute atomic E-state index is 14.6. The minimum atomic E-state index is -8.31. The summed E-state index contributed by atoms with van der Waals surface area (Å²) in [7, 11) is 0. The zero-order valence-corrected chi connectivity index (χ0v) is 19.5. The smallest absolute Gasteiger partial charge is 0.329 e. The first-order valence-corrected chi connectivity index (χ1v) is 10.6. The molecule has 39 heavy (non-hydrogen) atoms. The second-order valence-electron chi connectivity index (χ2n) is 8.08. The van der Waals surface area contributed by atoms with Gasteiger partial charge in [0.05, 0.1) is 0 Å². The molecule has 0 aliphatic carbocycles. The molecule has 0 N–H and O–H groups in total. The van der Waals surface area contributed by atoms with Crippen LogP contribution in [0.2, 0.25) is 0 Å². The predicted molar refractivity (Wildman–Crippen MR) is 108 cm³/mol. The number of amides is 1. The molecule has 0 aromatic heterocycles. The van der Waals surface area contributed by atoms with Crippen LogP contribution in [0.1, 0.15) is 11.1 Å². The number of benzene rings is 2. The molecule has 218 valence electrons. The van der Waals surface area contributed by atoms with Crippen molar-refractivity contribution in [1.82, 2.24) is 4.90 Å². The highest BCUT2D eigenvalue weighted by atomic mass is 35.5. The number of rotatable bonds is 11. The molecular weight excluding hydrogens is 596 g/mol. The Morgan fingerprint density at radius 2 is 0.846 bits per heavy atom. The lowest BCUT2D eigenvalue weighted by Crippen LogP contribution is -2.73. The molecule has 0 fully saturated rings. The van der Waals surface area contributed by atoms with Gasteiger partial charge in [-0.15, -0.1) is 0 Å². The summed E-state index contributed by atoms with van der Waals surface area (Å²) in [5, 5.41) is -6.73. The summed E-state index contributed by atoms with van der Waals surface area (Å²) < 4.78 is 193. The molecule has 0 heterocycles. The van der Waals surface area contributed by atoms with Crippen LogP contribution in [0.15, 0.2) is 60.7 Å². The standard InChI is InChI=1S/C22H14ClF14NO/c23-22(36,37)21(34,35)20(32,33)19(30,31)18(28,29)17(26,27)16(24,25)15(39)38(11-13-7-3-1-4-8-13)12-14-9-5-2-6-10-14/h1-10H,11-12H2. The molecule has 0 radical (unpaired) electrons. The number of carbonyl (C=O) groups is 1. The van der Waals surface area contributed by atoms with Crippen molar-refractivity contribution >= 4 is 17.5 Å². The van der Waals surface area contributed by atoms with Gasteiger partial charge in [-0.25, -0.2) is 0 Å². The van der Waals surface area contributed by atoms with Gasteiger partial charge in [-0.05, 0) is 22.7 Å². The van der Waals surface area contributed by atoms with Crippen molar-refractivity contribution < 1.29 is 66.3 Å². The molecule has 0 atom stereocenters. The van der Waals surface area contributed by atoms with Crippen LogP contribution in [0.4, 0.5) is 61.5 Å². The number of hydrogen-bond acceptors (Lipinski definition) is 1. The zero-order valence-electron chi connectivity index (χ0n) is 18.7. The van der Waals surface area contributed by atoms with Crippen LogP contribution in [0, 0.1) is 0 Å². The van der Waals surface area contributed by atoms with Crippen LogP contribution in [0.5, 0.6) is 0 Å². The van der Waals surface area contributed by atoms with Crippen LogP contribution in [-0.4, -0.2) is 51.7 Å². The van der Waals surface area contributed by atoms with Gasteiger partial charge >= 0.3 is 46.8 Å². The van der Waals surface area contributed by atoms with Crippen molar-refractivity contribution in [3.05, 3.63) is 71.8 Å². The molecule has 0 spiro atoms. The Hall–Kier alpha value is -2.78. The van der Waals surface area contributed by atoms with Crippen LogP contribution >= 0.6 is 11.6 Å². The average Bonchev–Trinajstić information content (AvgIpc) is 2.83. The van der Waals surface area contributed by atoms with E-state index in [-0.39, 0.29) is 16.0 Å². The Morgan fingerprint density at radius 1 is 0.538 bits per heavy atom. The molecule has 0 saturated heterocycles. The van der Waals surface area contributed by atoms with Crippen molar-refractivity contribution in [2.75, 3.05) is 0 Å². The summed E-state index contributed by atoms with van der Waals surface area (Å²) in [6.07, 6.45) is 0. The van der Waals surface area contributed by atoms with E-state index in [0.717, 1.165) is 24.3 Å². The highest BCUT2D eigenvalue weighted by Crippen LogP contribution is 2.62. The number of carbonyl (C=O) groups excluding carboxylic acids is 1. The highest BCUT2D eigenvalue weighted by Gasteiger charge is 2.93. The number of hydrogen-bond donors (Lipinski definition) is 0. The molecule has 2 rings (SSSR count). The normalized spacial score (nSPS) is 14.3. The lowest BCUT2D eigenvalue weighted by Gasteiger charge is -2.42. The van der Waals surface area contributed by atoms with Crippen LogP contribution in [0.25, 0.3) is 0 Å². The highest BCUT2D eigenvalue weighted by molar-refractivity contribution is 6.22. The van der Waals surface area contributed by atoms with Crippen molar-refractivity contribution in [2.24, 2.45) is 0 Å². The van der Waals surface area contributed by atoms with E-state index in [9.17, 15) is 66.3 Å². The van der Waals surface area contributed by atoms with E-state index >= 15 is 0 Å². The lowest BCUT2D eigenvalue weighted by molar-refractivity contribution is -0.432. The van der Waals surface area contributed by atoms with E-state index in [1.807, 2.05) is 0 Å². The van der Waals surface area contributed by atoms with E-state index in [1.54, 1.807) is 0 Å². The largest absolute Gasteiger partial charge is 0.393 e. The van der Waals surface area contributed by atoms with Crippen LogP contribution in [0.3, 0.4) is 0 Å². The second kappa shape index (κ2) is 10.3. The summed E-state index contributed by atoms with van der Waals surface area (Å²) in [5.74, 6) is -50.4. The van der Waals surface area contributed by atoms with Gasteiger partial charge in [-0.2, -0.15) is 61.5 Å². The van der Waals surface area contributed by atoms with Crippen molar-refractivity contribution in [3.8, 4) is 0 Å². The Labute approximate surface area is 215 Å². The number of nitrogens with zero attached hydrogens (tertiary/aromatic N) is 1. The molecule has 2 aromatic rings. The first-order valence-electron chi connectivity index (χ1n) is 10.2. The fourth-order valence-electron chi connectivity index (χ4n) is 3.11. The molecule has 0 aliphatic heterocycles. The Balaban J connectivity index is 2.58. The maximum Gasteiger partial charge on any atom is 0.393 e. The molecule has 1 amide bonds. The van der Waals surface area contributed by atoms with Gasteiger partial charge in [0.2, 0.25) is 0 Å². The molecule has 0 saturated carbocycles. The maximum atomic E-state index is 14.6. The van der Waals surface area contributed by atoms with Gasteiger partial charge in [0.15, 0.2) is 0 Å². The summed E-state index contributed by atoms with van der Waals surface area (Å²) in [4.78, 5) is 12.2. The third-order valence-electron chi connectivity index (χ3n) is 5.32. The average molecular weight is 610 g/mol. The van der Waals surface area contributed by atoms with E-state index in [4.69, 9.17) is 0 Å². The summed E-state index contributed by atoms with van der Waals surface area (Å²) in [6, 6.07) is 12.5. The zero-order chi connectivity index (χ0) is 30.3. The molecule has 0 aliphatic rings. The minimum Gasteiger partial charge on any atom is -0.329 e. The molecule has 0 bridgehead atoms. The molecular formula is C22H14ClF14NO. The van der Waals surface area contributed by atoms with E-state index in [2.05, 4.69) is 11.6 Å². The van der Waals surface area contributed by atoms with Gasteiger partial charge < -0.3 is 4.90 Å². The van der Waals surface area contributed by atoms with Gasteiger partial charge in [0.1, 0.15) is 0 Å². The predicted octanol–water partition coefficient (Wildman–Crippen LogP) is 7.86. The lowest BCUT2D eigenvalue weighted by atomic mass is 9.90. The Morgan fingerprint density at radius 3 is 1.18 bits per heavy atom. The molecule has 2 nitrogen and oxygen atoms in total. The van der Waals surface area contributed by atoms with Gasteiger partial charge in [0, 0.05) is 13.1 Å². The SMILES string of the molecule is O=C(N(Cc1ccccc1)Cc1ccccc1)C(F)(F)C(F)(F)C(F)(F)C(F)(F)C(F)(F)C(F)(F)C(F)(F)Cl. The fraction of sp³-hybridized carbons (Fsp3) is 0.409. The molecule has 2 aromatic carbocycles. The fourth-order valence-corrected chi connectivity index (χ4v) is 3.23. The van der Waals surface area contributed by atoms with E-state index in [1.165, 1.54) is 36.4 Å². The van der Waals surface area contributed by atoms with E-state index < -0.39 is 59.9 Å². The van der Waals surface area contributed by atoms with Crippen LogP contribution in [-0.2, 0) is 17.9 Å². The van der Waals surface area contributed by atoms with Gasteiger partial charge in [-0.3, -0.25) is 4.79 Å². The Bertz CT molecular complexity index is 1090. The van der Waals surface area contributed by atoms with E-state index in [0.29, 0.717) is 0 Å². The monoisotopic (exact) mass is 609 g/mol. The van der Waals surface area contributed by atoms with Crippen molar-refractivity contribution in [3.63, 3.8) is 0 Å². The third kappa shape index (κ3) is 5.35. The molecule has 17 heteroatoms. The Kier molecular flexibility index (Phi) is 8.58. The number of alkyl halides is 15. The van der Waals surface area contributed by atoms with Gasteiger partial charge in [-0.1, -0.05) is 60.7 Å². The first-order chi connectivity index (χ1) is 17.5. The van der Waals surface area contributed by atoms with Crippen molar-refractivity contribution in [2.45, 2.75) is 54.0 Å². The molecule has 0 unspecified atom stereocenters. The minimum absolute atomic E-state index is 0.0755. The third-order valence-corrected chi connectivity index (χ3v) is 5.55. The van der Waals surface area contributed by atoms with Gasteiger partial charge in [0.25, 0.3) is 0 Å². The van der Waals surface area contributed by atoms with Crippen molar-refractivity contribution in [1.29, 1.82) is 0 Å². The second-order valence-corrected chi connectivity index (χ2v) is 8.55. The summed E-state index contributed by atoms with van der Waals surface area (Å²) in [5.41, 5.74) is -0.151. The summed E-state index contributed by atoms with van der Waals surface area (Å²) in [6.45, 7) is -2.07.